The van der Waals surface area contributed by atoms with Crippen LogP contribution in [0.25, 0.3) is 0 Å². The van der Waals surface area contributed by atoms with Crippen LogP contribution >= 0.6 is 36.2 Å². The maximum absolute atomic E-state index is 12.7. The van der Waals surface area contributed by atoms with Gasteiger partial charge in [0.1, 0.15) is 0 Å². The van der Waals surface area contributed by atoms with Crippen LogP contribution in [-0.4, -0.2) is 60.0 Å². The van der Waals surface area contributed by atoms with Crippen molar-refractivity contribution in [2.24, 2.45) is 11.8 Å². The minimum atomic E-state index is 0. The van der Waals surface area contributed by atoms with E-state index in [1.165, 1.54) is 23.5 Å². The molecule has 3 rings (SSSR count). The van der Waals surface area contributed by atoms with Gasteiger partial charge in [0.2, 0.25) is 5.91 Å². The first kappa shape index (κ1) is 26.6. The lowest BCUT2D eigenvalue weighted by atomic mass is 9.85. The van der Waals surface area contributed by atoms with Crippen LogP contribution in [-0.2, 0) is 16.8 Å². The van der Waals surface area contributed by atoms with Gasteiger partial charge in [0.25, 0.3) is 0 Å². The molecule has 2 aliphatic rings. The van der Waals surface area contributed by atoms with Gasteiger partial charge in [0, 0.05) is 49.9 Å². The number of aromatic nitrogens is 1. The summed E-state index contributed by atoms with van der Waals surface area (Å²) in [5.74, 6) is 1.48. The van der Waals surface area contributed by atoms with Crippen LogP contribution in [0.2, 0.25) is 0 Å². The van der Waals surface area contributed by atoms with Crippen molar-refractivity contribution in [3.8, 4) is 0 Å². The highest BCUT2D eigenvalue weighted by Gasteiger charge is 2.27. The Hall–Kier alpha value is -0.400. The average Bonchev–Trinajstić information content (AvgIpc) is 3.12. The molecule has 0 bridgehead atoms. The first-order chi connectivity index (χ1) is 12.8. The van der Waals surface area contributed by atoms with Crippen molar-refractivity contribution in [2.75, 3.05) is 39.3 Å². The second-order valence-electron chi connectivity index (χ2n) is 9.34. The second-order valence-corrected chi connectivity index (χ2v) is 10.2. The first-order valence-corrected chi connectivity index (χ1v) is 11.4. The molecular weight excluding hydrogens is 427 g/mol. The van der Waals surface area contributed by atoms with Crippen molar-refractivity contribution in [3.63, 3.8) is 0 Å². The van der Waals surface area contributed by atoms with E-state index >= 15 is 0 Å². The normalized spacial score (nSPS) is 21.8. The summed E-state index contributed by atoms with van der Waals surface area (Å²) in [4.78, 5) is 22.0. The van der Waals surface area contributed by atoms with Crippen LogP contribution in [0.4, 0.5) is 0 Å². The van der Waals surface area contributed by atoms with Crippen LogP contribution in [0.5, 0.6) is 0 Å². The predicted octanol–water partition coefficient (Wildman–Crippen LogP) is 3.95. The van der Waals surface area contributed by atoms with Crippen molar-refractivity contribution in [1.82, 2.24) is 20.1 Å². The molecule has 0 radical (unpaired) electrons. The summed E-state index contributed by atoms with van der Waals surface area (Å²) < 4.78 is 0. The highest BCUT2D eigenvalue weighted by molar-refractivity contribution is 7.09. The quantitative estimate of drug-likeness (QED) is 0.716. The molecule has 2 saturated heterocycles. The molecule has 2 fully saturated rings. The number of piperazine rings is 1. The molecule has 0 aliphatic carbocycles. The largest absolute Gasteiger partial charge is 0.340 e. The first-order valence-electron chi connectivity index (χ1n) is 10.5. The maximum atomic E-state index is 12.7. The number of nitrogens with one attached hydrogen (secondary N) is 1. The van der Waals surface area contributed by atoms with Gasteiger partial charge in [-0.1, -0.05) is 27.7 Å². The molecular formula is C21H38Cl2N4OS. The van der Waals surface area contributed by atoms with Crippen molar-refractivity contribution in [2.45, 2.75) is 58.9 Å². The van der Waals surface area contributed by atoms with E-state index in [-0.39, 0.29) is 30.2 Å². The molecule has 8 heteroatoms. The third-order valence-electron chi connectivity index (χ3n) is 5.94. The lowest BCUT2D eigenvalue weighted by Crippen LogP contribution is -2.49. The summed E-state index contributed by atoms with van der Waals surface area (Å²) in [5, 5.41) is 6.87. The van der Waals surface area contributed by atoms with E-state index in [1.54, 1.807) is 11.3 Å². The molecule has 1 aromatic rings. The number of nitrogens with zero attached hydrogens (tertiary/aromatic N) is 3. The zero-order valence-corrected chi connectivity index (χ0v) is 20.7. The Bertz CT molecular complexity index is 620. The second kappa shape index (κ2) is 11.8. The van der Waals surface area contributed by atoms with Gasteiger partial charge in [-0.2, -0.15) is 0 Å². The van der Waals surface area contributed by atoms with Crippen molar-refractivity contribution in [1.29, 1.82) is 0 Å². The molecule has 0 saturated carbocycles. The van der Waals surface area contributed by atoms with E-state index in [0.717, 1.165) is 45.8 Å². The molecule has 29 heavy (non-hydrogen) atoms. The van der Waals surface area contributed by atoms with Gasteiger partial charge in [-0.15, -0.1) is 36.2 Å². The lowest BCUT2D eigenvalue weighted by Gasteiger charge is -2.36. The Kier molecular flexibility index (Phi) is 10.9. The summed E-state index contributed by atoms with van der Waals surface area (Å²) in [7, 11) is 0. The van der Waals surface area contributed by atoms with Crippen LogP contribution in [0.1, 0.15) is 57.7 Å². The maximum Gasteiger partial charge on any atom is 0.222 e. The lowest BCUT2D eigenvalue weighted by molar-refractivity contribution is -0.134. The fourth-order valence-corrected chi connectivity index (χ4v) is 4.94. The molecule has 2 atom stereocenters. The molecule has 2 aliphatic heterocycles. The minimum Gasteiger partial charge on any atom is -0.340 e. The molecule has 1 aromatic heterocycles. The van der Waals surface area contributed by atoms with Gasteiger partial charge >= 0.3 is 0 Å². The number of carbonyl (C=O) groups excluding carboxylic acids is 1. The third-order valence-corrected chi connectivity index (χ3v) is 7.26. The number of carbonyl (C=O) groups is 1. The minimum absolute atomic E-state index is 0. The summed E-state index contributed by atoms with van der Waals surface area (Å²) in [5.41, 5.74) is 1.29. The Balaban J connectivity index is 0.00000210. The Morgan fingerprint density at radius 3 is 2.52 bits per heavy atom. The van der Waals surface area contributed by atoms with E-state index in [4.69, 9.17) is 4.98 Å². The molecule has 2 unspecified atom stereocenters. The average molecular weight is 466 g/mol. The van der Waals surface area contributed by atoms with Gasteiger partial charge in [-0.25, -0.2) is 4.98 Å². The van der Waals surface area contributed by atoms with Gasteiger partial charge in [-0.05, 0) is 37.8 Å². The van der Waals surface area contributed by atoms with Gasteiger partial charge < -0.3 is 10.2 Å². The van der Waals surface area contributed by atoms with Crippen molar-refractivity contribution < 1.29 is 4.79 Å². The number of amides is 1. The van der Waals surface area contributed by atoms with Crippen LogP contribution < -0.4 is 5.32 Å². The number of piperidine rings is 1. The van der Waals surface area contributed by atoms with E-state index < -0.39 is 0 Å². The monoisotopic (exact) mass is 464 g/mol. The van der Waals surface area contributed by atoms with E-state index in [9.17, 15) is 4.79 Å². The van der Waals surface area contributed by atoms with Crippen LogP contribution in [0.3, 0.4) is 0 Å². The SMILES string of the molecule is CC(CC(=O)N1CCN(Cc2csc(C(C)(C)C)n2)CC1)C1CCCNC1.Cl.Cl. The molecule has 1 N–H and O–H groups in total. The number of halogens is 2. The van der Waals surface area contributed by atoms with Crippen LogP contribution in [0.15, 0.2) is 5.38 Å². The Labute approximate surface area is 192 Å². The predicted molar refractivity (Wildman–Crippen MR) is 127 cm³/mol. The third kappa shape index (κ3) is 7.66. The number of rotatable bonds is 5. The standard InChI is InChI=1S/C21H36N4OS.2ClH/c1-16(17-6-5-7-22-13-17)12-19(26)25-10-8-24(9-11-25)14-18-15-27-20(23-18)21(2,3)4;;/h15-17,22H,5-14H2,1-4H3;2*1H. The van der Waals surface area contributed by atoms with Crippen LogP contribution in [0, 0.1) is 11.8 Å². The van der Waals surface area contributed by atoms with Crippen molar-refractivity contribution in [3.05, 3.63) is 16.1 Å². The topological polar surface area (TPSA) is 48.5 Å². The number of hydrogen-bond donors (Lipinski definition) is 1. The van der Waals surface area contributed by atoms with E-state index in [1.807, 2.05) is 0 Å². The zero-order chi connectivity index (χ0) is 19.4. The smallest absolute Gasteiger partial charge is 0.222 e. The summed E-state index contributed by atoms with van der Waals surface area (Å²) in [6, 6.07) is 0. The zero-order valence-electron chi connectivity index (χ0n) is 18.3. The molecule has 1 amide bonds. The highest BCUT2D eigenvalue weighted by atomic mass is 35.5. The van der Waals surface area contributed by atoms with Gasteiger partial charge in [0.15, 0.2) is 0 Å². The molecule has 168 valence electrons. The molecule has 0 aromatic carbocycles. The van der Waals surface area contributed by atoms with Gasteiger partial charge in [-0.3, -0.25) is 9.69 Å². The molecule has 3 heterocycles. The number of hydrogen-bond acceptors (Lipinski definition) is 5. The number of thiazole rings is 1. The fourth-order valence-electron chi connectivity index (χ4n) is 4.04. The van der Waals surface area contributed by atoms with E-state index in [2.05, 4.69) is 48.2 Å². The Morgan fingerprint density at radius 2 is 1.97 bits per heavy atom. The van der Waals surface area contributed by atoms with Crippen molar-refractivity contribution >= 4 is 42.1 Å². The highest BCUT2D eigenvalue weighted by Crippen LogP contribution is 2.26. The summed E-state index contributed by atoms with van der Waals surface area (Å²) in [6.45, 7) is 15.6. The summed E-state index contributed by atoms with van der Waals surface area (Å²) in [6.07, 6.45) is 3.21. The van der Waals surface area contributed by atoms with E-state index in [0.29, 0.717) is 24.2 Å². The van der Waals surface area contributed by atoms with Gasteiger partial charge in [0.05, 0.1) is 10.7 Å². The molecule has 5 nitrogen and oxygen atoms in total. The Morgan fingerprint density at radius 1 is 1.28 bits per heavy atom. The fraction of sp³-hybridized carbons (Fsp3) is 0.810. The summed E-state index contributed by atoms with van der Waals surface area (Å²) >= 11 is 1.76. The molecule has 0 spiro atoms.